The first-order chi connectivity index (χ1) is 30.8. The van der Waals surface area contributed by atoms with E-state index in [9.17, 15) is 5.26 Å². The van der Waals surface area contributed by atoms with Gasteiger partial charge in [-0.1, -0.05) is 132 Å². The van der Waals surface area contributed by atoms with Gasteiger partial charge in [0.2, 0.25) is 0 Å². The van der Waals surface area contributed by atoms with Crippen LogP contribution in [0.2, 0.25) is 0 Å². The number of nitriles is 1. The second-order valence-corrected chi connectivity index (χ2v) is 18.5. The fourth-order valence-corrected chi connectivity index (χ4v) is 10.9. The molecule has 1 aliphatic carbocycles. The van der Waals surface area contributed by atoms with E-state index in [2.05, 4.69) is 189 Å². The van der Waals surface area contributed by atoms with Gasteiger partial charge in [-0.15, -0.1) is 0 Å². The third-order valence-electron chi connectivity index (χ3n) is 12.9. The molecule has 0 N–H and O–H groups in total. The molecule has 1 atom stereocenters. The third-order valence-corrected chi connectivity index (χ3v) is 14.1. The molecule has 1 aliphatic heterocycles. The van der Waals surface area contributed by atoms with Crippen molar-refractivity contribution in [3.63, 3.8) is 0 Å². The molecule has 63 heavy (non-hydrogen) atoms. The summed E-state index contributed by atoms with van der Waals surface area (Å²) >= 11 is 0. The molecule has 0 bridgehead atoms. The number of rotatable bonds is 6. The van der Waals surface area contributed by atoms with E-state index in [1.165, 1.54) is 49.5 Å². The maximum Gasteiger partial charge on any atom is 0.137 e. The zero-order chi connectivity index (χ0) is 42.8. The Morgan fingerprint density at radius 1 is 0.619 bits per heavy atom. The largest absolute Gasteiger partial charge is 0.456 e. The molecule has 8 aromatic carbocycles. The van der Waals surface area contributed by atoms with Crippen molar-refractivity contribution in [1.82, 2.24) is 0 Å². The molecule has 0 saturated heterocycles. The van der Waals surface area contributed by atoms with Crippen molar-refractivity contribution in [2.45, 2.75) is 32.6 Å². The topological polar surface area (TPSA) is 43.4 Å². The average molecular weight is 830 g/mol. The maximum absolute atomic E-state index is 10.0. The van der Waals surface area contributed by atoms with Crippen LogP contribution in [0, 0.1) is 18.3 Å². The predicted molar refractivity (Wildman–Crippen MR) is 267 cm³/mol. The second-order valence-electron chi connectivity index (χ2n) is 17.1. The summed E-state index contributed by atoms with van der Waals surface area (Å²) in [5, 5.41) is 17.0. The number of allylic oxidation sites excluding steroid dienone is 5. The number of para-hydroxylation sites is 2. The Kier molecular flexibility index (Phi) is 9.27. The number of hydrogen-bond donors (Lipinski definition) is 0. The summed E-state index contributed by atoms with van der Waals surface area (Å²) in [7, 11) is 0.482. The van der Waals surface area contributed by atoms with Gasteiger partial charge < -0.3 is 14.2 Å². The number of nitrogens with zero attached hydrogens (tertiary/aromatic N) is 3. The highest BCUT2D eigenvalue weighted by atomic mass is 31.1. The fraction of sp³-hybridized carbons (Fsp3) is 0.0862. The van der Waals surface area contributed by atoms with Crippen LogP contribution in [0.15, 0.2) is 198 Å². The average Bonchev–Trinajstić information content (AvgIpc) is 3.81. The van der Waals surface area contributed by atoms with E-state index in [-0.39, 0.29) is 5.41 Å². The quantitative estimate of drug-likeness (QED) is 0.157. The summed E-state index contributed by atoms with van der Waals surface area (Å²) < 4.78 is 6.41. The van der Waals surface area contributed by atoms with Crippen molar-refractivity contribution in [1.29, 1.82) is 5.26 Å². The van der Waals surface area contributed by atoms with Crippen LogP contribution in [0.25, 0.3) is 43.8 Å². The summed E-state index contributed by atoms with van der Waals surface area (Å²) in [6.07, 6.45) is 9.49. The molecule has 2 heterocycles. The highest BCUT2D eigenvalue weighted by Gasteiger charge is 2.39. The van der Waals surface area contributed by atoms with E-state index in [0.29, 0.717) is 14.1 Å². The highest BCUT2D eigenvalue weighted by Crippen LogP contribution is 2.56. The molecule has 0 amide bonds. The summed E-state index contributed by atoms with van der Waals surface area (Å²) in [5.41, 5.74) is 15.8. The summed E-state index contributed by atoms with van der Waals surface area (Å²) in [4.78, 5) is 4.73. The van der Waals surface area contributed by atoms with Crippen LogP contribution in [0.1, 0.15) is 41.7 Å². The van der Waals surface area contributed by atoms with Gasteiger partial charge in [0.25, 0.3) is 0 Å². The number of hydrogen-bond acceptors (Lipinski definition) is 4. The number of anilines is 6. The fourth-order valence-electron chi connectivity index (χ4n) is 9.77. The van der Waals surface area contributed by atoms with Crippen LogP contribution < -0.4 is 15.1 Å². The number of benzene rings is 8. The minimum Gasteiger partial charge on any atom is -0.456 e. The van der Waals surface area contributed by atoms with Gasteiger partial charge in [-0.05, 0) is 136 Å². The summed E-state index contributed by atoms with van der Waals surface area (Å²) in [5.74, 6) is 0. The van der Waals surface area contributed by atoms with Gasteiger partial charge in [0, 0.05) is 56.1 Å². The van der Waals surface area contributed by atoms with E-state index in [1.54, 1.807) is 0 Å². The van der Waals surface area contributed by atoms with Gasteiger partial charge in [-0.3, -0.25) is 0 Å². The van der Waals surface area contributed by atoms with Crippen molar-refractivity contribution in [2.75, 3.05) is 9.80 Å². The first-order valence-electron chi connectivity index (χ1n) is 21.5. The Bertz CT molecular complexity index is 3450. The lowest BCUT2D eigenvalue weighted by Gasteiger charge is -2.31. The molecule has 5 heteroatoms. The van der Waals surface area contributed by atoms with E-state index < -0.39 is 0 Å². The molecular formula is C58H44N3OP. The third kappa shape index (κ3) is 6.48. The van der Waals surface area contributed by atoms with Crippen LogP contribution in [-0.4, -0.2) is 0 Å². The molecule has 302 valence electrons. The standard InChI is InChI=1S/C58H44N3OP/c1-37-15-8-12-23-52(37)61(44-26-25-40-18-7-5-6-16-38(2)63-56(40)34-44)53-35-51-57(48-22-10-9-20-45(48)53)49-30-28-42(32-50(49)58(51,3)4)60(41-19-14-17-39(31-41)36-59)43-27-29-47-46-21-11-13-24-54(46)62-55(47)33-43/h5-17,19-35,63H,2,18H2,1,3-4H3/b7-5-,16-6-. The Labute approximate surface area is 370 Å². The second kappa shape index (κ2) is 15.2. The first kappa shape index (κ1) is 38.5. The van der Waals surface area contributed by atoms with Crippen molar-refractivity contribution < 1.29 is 4.42 Å². The molecule has 0 saturated carbocycles. The molecule has 0 radical (unpaired) electrons. The van der Waals surface area contributed by atoms with Crippen LogP contribution in [0.4, 0.5) is 34.1 Å². The number of aryl methyl sites for hydroxylation is 1. The monoisotopic (exact) mass is 829 g/mol. The lowest BCUT2D eigenvalue weighted by Crippen LogP contribution is -2.19. The number of fused-ring (bicyclic) bond motifs is 9. The Hall–Kier alpha value is -7.44. The van der Waals surface area contributed by atoms with Gasteiger partial charge in [-0.2, -0.15) is 5.26 Å². The number of furan rings is 1. The molecule has 11 rings (SSSR count). The maximum atomic E-state index is 10.0. The molecule has 0 spiro atoms. The Balaban J connectivity index is 1.09. The van der Waals surface area contributed by atoms with Crippen LogP contribution in [-0.2, 0) is 11.8 Å². The van der Waals surface area contributed by atoms with Crippen molar-refractivity contribution in [3.05, 3.63) is 222 Å². The summed E-state index contributed by atoms with van der Waals surface area (Å²) in [6.45, 7) is 11.3. The zero-order valence-electron chi connectivity index (χ0n) is 35.5. The molecule has 2 aliphatic rings. The minimum absolute atomic E-state index is 0.359. The predicted octanol–water partition coefficient (Wildman–Crippen LogP) is 15.7. The molecule has 4 nitrogen and oxygen atoms in total. The van der Waals surface area contributed by atoms with E-state index in [1.807, 2.05) is 36.4 Å². The highest BCUT2D eigenvalue weighted by molar-refractivity contribution is 7.52. The van der Waals surface area contributed by atoms with E-state index >= 15 is 0 Å². The molecule has 0 fully saturated rings. The lowest BCUT2D eigenvalue weighted by atomic mass is 9.81. The first-order valence-corrected chi connectivity index (χ1v) is 22.5. The van der Waals surface area contributed by atoms with Crippen molar-refractivity contribution in [3.8, 4) is 17.2 Å². The molecule has 1 unspecified atom stereocenters. The van der Waals surface area contributed by atoms with E-state index in [4.69, 9.17) is 4.42 Å². The molecule has 1 aromatic heterocycles. The van der Waals surface area contributed by atoms with Crippen LogP contribution in [0.5, 0.6) is 0 Å². The van der Waals surface area contributed by atoms with Crippen molar-refractivity contribution in [2.24, 2.45) is 0 Å². The lowest BCUT2D eigenvalue weighted by molar-refractivity contribution is 0.661. The zero-order valence-corrected chi connectivity index (χ0v) is 36.5. The van der Waals surface area contributed by atoms with E-state index in [0.717, 1.165) is 67.8 Å². The normalized spacial score (nSPS) is 15.2. The van der Waals surface area contributed by atoms with Crippen molar-refractivity contribution >= 4 is 80.7 Å². The Morgan fingerprint density at radius 3 is 2.19 bits per heavy atom. The van der Waals surface area contributed by atoms with Crippen LogP contribution in [0.3, 0.4) is 0 Å². The van der Waals surface area contributed by atoms with Gasteiger partial charge in [0.15, 0.2) is 0 Å². The van der Waals surface area contributed by atoms with Crippen LogP contribution >= 0.6 is 8.58 Å². The molecular weight excluding hydrogens is 786 g/mol. The minimum atomic E-state index is -0.359. The summed E-state index contributed by atoms with van der Waals surface area (Å²) in [6, 6.07) is 58.8. The van der Waals surface area contributed by atoms with Gasteiger partial charge >= 0.3 is 0 Å². The van der Waals surface area contributed by atoms with Gasteiger partial charge in [-0.25, -0.2) is 0 Å². The smallest absolute Gasteiger partial charge is 0.137 e. The van der Waals surface area contributed by atoms with Gasteiger partial charge in [0.05, 0.1) is 17.3 Å². The SMILES string of the molecule is C=C1/C=C\C=C/Cc2ccc(N(c3ccccc3C)c3cc4c(c5ccccc35)-c3ccc(N(c5cccc(C#N)c5)c5ccc6c(c5)oc5ccccc56)cc3C4(C)C)cc2P1. The van der Waals surface area contributed by atoms with Gasteiger partial charge in [0.1, 0.15) is 11.2 Å². The Morgan fingerprint density at radius 2 is 1.33 bits per heavy atom. The molecule has 9 aromatic rings.